The minimum Gasteiger partial charge on any atom is -0.403 e. The van der Waals surface area contributed by atoms with Crippen LogP contribution >= 0.6 is 0 Å². The van der Waals surface area contributed by atoms with Crippen molar-refractivity contribution in [1.29, 1.82) is 0 Å². The van der Waals surface area contributed by atoms with E-state index in [0.29, 0.717) is 17.0 Å². The molecule has 1 aromatic carbocycles. The summed E-state index contributed by atoms with van der Waals surface area (Å²) >= 11 is 0. The number of alkyl halides is 1. The Morgan fingerprint density at radius 3 is 2.73 bits per heavy atom. The van der Waals surface area contributed by atoms with Crippen LogP contribution in [0.1, 0.15) is 62.2 Å². The molecule has 0 saturated carbocycles. The molecule has 0 saturated heterocycles. The van der Waals surface area contributed by atoms with Gasteiger partial charge in [0.2, 0.25) is 0 Å². The normalized spacial score (nSPS) is 12.9. The molecule has 0 aliphatic carbocycles. The zero-order valence-electron chi connectivity index (χ0n) is 20.2. The van der Waals surface area contributed by atoms with E-state index in [1.807, 2.05) is 38.1 Å². The minimum absolute atomic E-state index is 0.615. The van der Waals surface area contributed by atoms with Crippen LogP contribution < -0.4 is 11.1 Å². The van der Waals surface area contributed by atoms with Crippen LogP contribution in [-0.2, 0) is 0 Å². The maximum Gasteiger partial charge on any atom is 0.122 e. The third-order valence-electron chi connectivity index (χ3n) is 5.35. The molecule has 0 aliphatic heterocycles. The quantitative estimate of drug-likeness (QED) is 0.234. The van der Waals surface area contributed by atoms with Crippen LogP contribution in [0.5, 0.6) is 0 Å². The van der Waals surface area contributed by atoms with Gasteiger partial charge in [-0.3, -0.25) is 4.98 Å². The average Bonchev–Trinajstić information content (AvgIpc) is 2.81. The summed E-state index contributed by atoms with van der Waals surface area (Å²) in [5.74, 6) is 0.898. The highest BCUT2D eigenvalue weighted by Crippen LogP contribution is 2.26. The molecule has 0 aliphatic rings. The number of aromatic nitrogens is 1. The van der Waals surface area contributed by atoms with Gasteiger partial charge in [-0.05, 0) is 56.9 Å². The van der Waals surface area contributed by atoms with Gasteiger partial charge in [-0.1, -0.05) is 37.8 Å². The molecule has 1 atom stereocenters. The van der Waals surface area contributed by atoms with Crippen molar-refractivity contribution in [1.82, 2.24) is 9.88 Å². The number of hydrogen-bond donors (Lipinski definition) is 2. The van der Waals surface area contributed by atoms with E-state index in [2.05, 4.69) is 35.3 Å². The summed E-state index contributed by atoms with van der Waals surface area (Å²) in [6, 6.07) is 9.25. The zero-order chi connectivity index (χ0) is 24.4. The fourth-order valence-electron chi connectivity index (χ4n) is 3.47. The molecule has 2 rings (SSSR count). The van der Waals surface area contributed by atoms with Gasteiger partial charge >= 0.3 is 0 Å². The number of hydrogen-bond acceptors (Lipinski definition) is 4. The van der Waals surface area contributed by atoms with Crippen molar-refractivity contribution in [2.24, 2.45) is 10.7 Å². The third-order valence-corrected chi connectivity index (χ3v) is 5.35. The van der Waals surface area contributed by atoms with Gasteiger partial charge in [-0.25, -0.2) is 9.38 Å². The fourth-order valence-corrected chi connectivity index (χ4v) is 3.47. The monoisotopic (exact) mass is 449 g/mol. The number of pyridine rings is 1. The predicted molar refractivity (Wildman–Crippen MR) is 140 cm³/mol. The van der Waals surface area contributed by atoms with Gasteiger partial charge in [-0.2, -0.15) is 0 Å². The maximum atomic E-state index is 13.7. The van der Waals surface area contributed by atoms with Crippen LogP contribution in [0, 0.1) is 6.92 Å². The molecule has 33 heavy (non-hydrogen) atoms. The van der Waals surface area contributed by atoms with E-state index in [1.165, 1.54) is 13.1 Å². The highest BCUT2D eigenvalue weighted by Gasteiger charge is 2.12. The van der Waals surface area contributed by atoms with E-state index in [1.54, 1.807) is 18.3 Å². The highest BCUT2D eigenvalue weighted by atomic mass is 19.1. The molecular weight excluding hydrogens is 413 g/mol. The number of benzene rings is 1. The number of nitrogens with one attached hydrogen (secondary N) is 1. The molecule has 0 fully saturated rings. The Bertz CT molecular complexity index is 1020. The van der Waals surface area contributed by atoms with Crippen molar-refractivity contribution in [3.05, 3.63) is 84.3 Å². The first-order valence-corrected chi connectivity index (χ1v) is 11.3. The van der Waals surface area contributed by atoms with Crippen LogP contribution in [0.2, 0.25) is 0 Å². The second-order valence-corrected chi connectivity index (χ2v) is 7.98. The van der Waals surface area contributed by atoms with E-state index >= 15 is 0 Å². The molecule has 5 nitrogen and oxygen atoms in total. The van der Waals surface area contributed by atoms with E-state index in [9.17, 15) is 4.39 Å². The molecule has 1 heterocycles. The summed E-state index contributed by atoms with van der Waals surface area (Å²) in [4.78, 5) is 11.6. The van der Waals surface area contributed by atoms with Crippen LogP contribution in [0.3, 0.4) is 0 Å². The van der Waals surface area contributed by atoms with E-state index < -0.39 is 6.17 Å². The lowest BCUT2D eigenvalue weighted by atomic mass is 10.1. The number of nitrogens with two attached hydrogens (primary N) is 1. The molecule has 1 unspecified atom stereocenters. The van der Waals surface area contributed by atoms with Gasteiger partial charge in [0.05, 0.1) is 17.6 Å². The van der Waals surface area contributed by atoms with Gasteiger partial charge in [-0.15, -0.1) is 6.58 Å². The summed E-state index contributed by atoms with van der Waals surface area (Å²) in [5.41, 5.74) is 11.1. The lowest BCUT2D eigenvalue weighted by molar-refractivity contribution is 0.374. The number of aryl methyl sites for hydroxylation is 1. The van der Waals surface area contributed by atoms with Gasteiger partial charge < -0.3 is 16.0 Å². The summed E-state index contributed by atoms with van der Waals surface area (Å²) < 4.78 is 13.7. The molecule has 0 radical (unpaired) electrons. The standard InChI is InChI=1S/C27H36FN5/c1-7-9-14-33(13-8-2)22(6)32-27(17-29)26-16-25(18-30-21(26)5)31-20(4)24-12-10-11-23(15-24)19(3)28/h7,10-12,15-19,31H,1,4,8-9,13-14,29H2,2-3,5-6H3/b27-17-,32-22?. The van der Waals surface area contributed by atoms with Gasteiger partial charge in [0, 0.05) is 36.2 Å². The number of amidine groups is 1. The first-order valence-electron chi connectivity index (χ1n) is 11.3. The second kappa shape index (κ2) is 12.6. The van der Waals surface area contributed by atoms with Crippen molar-refractivity contribution >= 4 is 22.9 Å². The molecule has 3 N–H and O–H groups in total. The van der Waals surface area contributed by atoms with Crippen molar-refractivity contribution < 1.29 is 4.39 Å². The Kier molecular flexibility index (Phi) is 9.85. The predicted octanol–water partition coefficient (Wildman–Crippen LogP) is 6.47. The van der Waals surface area contributed by atoms with Crippen LogP contribution in [0.4, 0.5) is 10.1 Å². The Morgan fingerprint density at radius 2 is 2.09 bits per heavy atom. The lowest BCUT2D eigenvalue weighted by Gasteiger charge is -2.23. The van der Waals surface area contributed by atoms with E-state index in [0.717, 1.165) is 54.3 Å². The molecule has 0 bridgehead atoms. The van der Waals surface area contributed by atoms with Crippen molar-refractivity contribution in [3.8, 4) is 0 Å². The molecule has 176 valence electrons. The summed E-state index contributed by atoms with van der Waals surface area (Å²) in [6.07, 6.45) is 6.03. The smallest absolute Gasteiger partial charge is 0.122 e. The SMILES string of the molecule is C=CCCN(CCC)C(C)=N/C(=C\N)c1cc(NC(=C)c2cccc(C(C)F)c2)cnc1C. The molecule has 0 amide bonds. The van der Waals surface area contributed by atoms with Crippen LogP contribution in [-0.4, -0.2) is 28.8 Å². The Hall–Kier alpha value is -3.41. The zero-order valence-corrected chi connectivity index (χ0v) is 20.2. The summed E-state index contributed by atoms with van der Waals surface area (Å²) in [5, 5.41) is 3.28. The second-order valence-electron chi connectivity index (χ2n) is 7.98. The van der Waals surface area contributed by atoms with E-state index in [4.69, 9.17) is 10.7 Å². The molecule has 6 heteroatoms. The first kappa shape index (κ1) is 25.8. The number of rotatable bonds is 11. The lowest BCUT2D eigenvalue weighted by Crippen LogP contribution is -2.30. The fraction of sp³-hybridized carbons (Fsp3) is 0.333. The molecule has 2 aromatic rings. The Morgan fingerprint density at radius 1 is 1.33 bits per heavy atom. The van der Waals surface area contributed by atoms with Crippen LogP contribution in [0.15, 0.2) is 67.0 Å². The third kappa shape index (κ3) is 7.31. The van der Waals surface area contributed by atoms with Crippen molar-refractivity contribution in [3.63, 3.8) is 0 Å². The van der Waals surface area contributed by atoms with Crippen molar-refractivity contribution in [2.75, 3.05) is 18.4 Å². The Balaban J connectivity index is 2.29. The van der Waals surface area contributed by atoms with Gasteiger partial charge in [0.1, 0.15) is 12.0 Å². The van der Waals surface area contributed by atoms with Crippen molar-refractivity contribution in [2.45, 2.75) is 46.7 Å². The number of aliphatic imine (C=N–C) groups is 1. The summed E-state index contributed by atoms with van der Waals surface area (Å²) in [7, 11) is 0. The molecule has 1 aromatic heterocycles. The maximum absolute atomic E-state index is 13.7. The number of nitrogens with zero attached hydrogens (tertiary/aromatic N) is 3. The molecule has 0 spiro atoms. The van der Waals surface area contributed by atoms with Gasteiger partial charge in [0.15, 0.2) is 0 Å². The largest absolute Gasteiger partial charge is 0.403 e. The molecular formula is C27H36FN5. The van der Waals surface area contributed by atoms with Gasteiger partial charge in [0.25, 0.3) is 0 Å². The van der Waals surface area contributed by atoms with Crippen LogP contribution in [0.25, 0.3) is 11.4 Å². The minimum atomic E-state index is -1.04. The number of anilines is 1. The topological polar surface area (TPSA) is 66.5 Å². The summed E-state index contributed by atoms with van der Waals surface area (Å²) in [6.45, 7) is 17.3. The first-order chi connectivity index (χ1) is 15.8. The number of halogens is 1. The van der Waals surface area contributed by atoms with E-state index in [-0.39, 0.29) is 0 Å². The highest BCUT2D eigenvalue weighted by molar-refractivity contribution is 5.87. The average molecular weight is 450 g/mol. The Labute approximate surface area is 197 Å².